The highest BCUT2D eigenvalue weighted by molar-refractivity contribution is 7.92. The molecule has 0 fully saturated rings. The Hall–Kier alpha value is -1.82. The van der Waals surface area contributed by atoms with Gasteiger partial charge in [0.05, 0.1) is 11.9 Å². The second-order valence-electron chi connectivity index (χ2n) is 5.06. The maximum atomic E-state index is 12.1. The molecule has 0 aliphatic rings. The van der Waals surface area contributed by atoms with Crippen LogP contribution < -0.4 is 9.62 Å². The molecule has 1 atom stereocenters. The van der Waals surface area contributed by atoms with Crippen LogP contribution in [0.3, 0.4) is 0 Å². The Labute approximate surface area is 126 Å². The highest BCUT2D eigenvalue weighted by Gasteiger charge is 2.29. The fraction of sp³-hybridized carbons (Fsp3) is 0.400. The van der Waals surface area contributed by atoms with E-state index in [1.165, 1.54) is 0 Å². The first-order valence-corrected chi connectivity index (χ1v) is 8.48. The quantitative estimate of drug-likeness (QED) is 0.814. The minimum absolute atomic E-state index is 0.299. The van der Waals surface area contributed by atoms with E-state index < -0.39 is 16.1 Å². The Morgan fingerprint density at radius 2 is 2.05 bits per heavy atom. The van der Waals surface area contributed by atoms with E-state index in [4.69, 9.17) is 0 Å². The van der Waals surface area contributed by atoms with Crippen LogP contribution in [0, 0.1) is 13.8 Å². The van der Waals surface area contributed by atoms with Crippen molar-refractivity contribution >= 4 is 21.6 Å². The van der Waals surface area contributed by atoms with Crippen molar-refractivity contribution < 1.29 is 13.2 Å². The van der Waals surface area contributed by atoms with Gasteiger partial charge >= 0.3 is 0 Å². The number of hydrogen-bond donors (Lipinski definition) is 1. The van der Waals surface area contributed by atoms with E-state index in [1.54, 1.807) is 19.1 Å². The number of carbonyl (C=O) groups excluding carboxylic acids is 1. The molecular formula is C15H22N2O3S. The van der Waals surface area contributed by atoms with Crippen LogP contribution in [0.15, 0.2) is 30.9 Å². The summed E-state index contributed by atoms with van der Waals surface area (Å²) in [5.41, 5.74) is 2.26. The monoisotopic (exact) mass is 310 g/mol. The lowest BCUT2D eigenvalue weighted by atomic mass is 10.1. The Morgan fingerprint density at radius 1 is 1.43 bits per heavy atom. The van der Waals surface area contributed by atoms with E-state index in [9.17, 15) is 13.2 Å². The van der Waals surface area contributed by atoms with Gasteiger partial charge in [-0.15, -0.1) is 6.58 Å². The van der Waals surface area contributed by atoms with Crippen LogP contribution in [0.4, 0.5) is 5.69 Å². The summed E-state index contributed by atoms with van der Waals surface area (Å²) in [4.78, 5) is 12.1. The number of amides is 1. The smallest absolute Gasteiger partial charge is 0.243 e. The van der Waals surface area contributed by atoms with Crippen molar-refractivity contribution in [1.29, 1.82) is 0 Å². The normalized spacial score (nSPS) is 12.6. The number of nitrogens with zero attached hydrogens (tertiary/aromatic N) is 1. The van der Waals surface area contributed by atoms with Crippen molar-refractivity contribution in [3.8, 4) is 0 Å². The molecule has 1 N–H and O–H groups in total. The van der Waals surface area contributed by atoms with E-state index in [0.29, 0.717) is 12.2 Å². The third-order valence-electron chi connectivity index (χ3n) is 3.11. The summed E-state index contributed by atoms with van der Waals surface area (Å²) in [6.07, 6.45) is 2.65. The number of aryl methyl sites for hydroxylation is 2. The van der Waals surface area contributed by atoms with Gasteiger partial charge in [-0.3, -0.25) is 9.10 Å². The molecule has 1 amide bonds. The molecule has 0 saturated heterocycles. The standard InChI is InChI=1S/C15H22N2O3S/c1-6-9-16-15(18)13(4)17(21(5,19)20)14-10-11(2)7-8-12(14)3/h6-8,10,13H,1,9H2,2-5H3,(H,16,18)/t13-/m0/s1. The second-order valence-corrected chi connectivity index (χ2v) is 6.92. The molecule has 0 heterocycles. The Kier molecular flexibility index (Phi) is 5.54. The predicted octanol–water partition coefficient (Wildman–Crippen LogP) is 1.76. The van der Waals surface area contributed by atoms with Gasteiger partial charge in [0.1, 0.15) is 6.04 Å². The molecule has 6 heteroatoms. The minimum atomic E-state index is -3.58. The second kappa shape index (κ2) is 6.76. The Balaban J connectivity index is 3.27. The fourth-order valence-electron chi connectivity index (χ4n) is 2.06. The molecule has 1 aromatic rings. The molecule has 0 aliphatic carbocycles. The lowest BCUT2D eigenvalue weighted by molar-refractivity contribution is -0.121. The molecule has 0 saturated carbocycles. The van der Waals surface area contributed by atoms with Gasteiger partial charge in [-0.25, -0.2) is 8.42 Å². The largest absolute Gasteiger partial charge is 0.351 e. The minimum Gasteiger partial charge on any atom is -0.351 e. The lowest BCUT2D eigenvalue weighted by Crippen LogP contribution is -2.48. The first-order valence-electron chi connectivity index (χ1n) is 6.63. The van der Waals surface area contributed by atoms with Crippen LogP contribution in [0.1, 0.15) is 18.1 Å². The van der Waals surface area contributed by atoms with Gasteiger partial charge in [0.15, 0.2) is 0 Å². The van der Waals surface area contributed by atoms with E-state index in [1.807, 2.05) is 26.0 Å². The number of carbonyl (C=O) groups is 1. The molecular weight excluding hydrogens is 288 g/mol. The zero-order chi connectivity index (χ0) is 16.2. The van der Waals surface area contributed by atoms with Crippen LogP contribution in [0.25, 0.3) is 0 Å². The molecule has 0 aromatic heterocycles. The van der Waals surface area contributed by atoms with Crippen molar-refractivity contribution in [2.75, 3.05) is 17.1 Å². The number of rotatable bonds is 6. The van der Waals surface area contributed by atoms with Crippen LogP contribution in [0.5, 0.6) is 0 Å². The zero-order valence-electron chi connectivity index (χ0n) is 12.9. The number of anilines is 1. The fourth-order valence-corrected chi connectivity index (χ4v) is 3.28. The summed E-state index contributed by atoms with van der Waals surface area (Å²) in [6.45, 7) is 9.09. The topological polar surface area (TPSA) is 66.5 Å². The molecule has 0 spiro atoms. The number of nitrogens with one attached hydrogen (secondary N) is 1. The molecule has 21 heavy (non-hydrogen) atoms. The van der Waals surface area contributed by atoms with Gasteiger partial charge in [-0.05, 0) is 38.0 Å². The molecule has 1 aromatic carbocycles. The zero-order valence-corrected chi connectivity index (χ0v) is 13.7. The highest BCUT2D eigenvalue weighted by Crippen LogP contribution is 2.26. The summed E-state index contributed by atoms with van der Waals surface area (Å²) < 4.78 is 25.4. The van der Waals surface area contributed by atoms with Gasteiger partial charge in [0.2, 0.25) is 15.9 Å². The van der Waals surface area contributed by atoms with E-state index in [2.05, 4.69) is 11.9 Å². The van der Waals surface area contributed by atoms with Crippen molar-refractivity contribution in [3.05, 3.63) is 42.0 Å². The van der Waals surface area contributed by atoms with Crippen LogP contribution in [-0.2, 0) is 14.8 Å². The van der Waals surface area contributed by atoms with Crippen molar-refractivity contribution in [2.24, 2.45) is 0 Å². The average Bonchev–Trinajstić information content (AvgIpc) is 2.38. The SMILES string of the molecule is C=CCNC(=O)[C@H](C)N(c1cc(C)ccc1C)S(C)(=O)=O. The highest BCUT2D eigenvalue weighted by atomic mass is 32.2. The van der Waals surface area contributed by atoms with Crippen molar-refractivity contribution in [1.82, 2.24) is 5.32 Å². The van der Waals surface area contributed by atoms with Crippen molar-refractivity contribution in [2.45, 2.75) is 26.8 Å². The van der Waals surface area contributed by atoms with E-state index in [-0.39, 0.29) is 5.91 Å². The van der Waals surface area contributed by atoms with Gasteiger partial charge in [-0.2, -0.15) is 0 Å². The summed E-state index contributed by atoms with van der Waals surface area (Å²) in [5, 5.41) is 2.63. The van der Waals surface area contributed by atoms with Gasteiger partial charge < -0.3 is 5.32 Å². The average molecular weight is 310 g/mol. The molecule has 5 nitrogen and oxygen atoms in total. The van der Waals surface area contributed by atoms with E-state index in [0.717, 1.165) is 21.7 Å². The maximum Gasteiger partial charge on any atom is 0.243 e. The molecule has 0 bridgehead atoms. The first kappa shape index (κ1) is 17.2. The summed E-state index contributed by atoms with van der Waals surface area (Å²) >= 11 is 0. The first-order chi connectivity index (χ1) is 9.68. The molecule has 116 valence electrons. The number of sulfonamides is 1. The summed E-state index contributed by atoms with van der Waals surface area (Å²) in [7, 11) is -3.58. The maximum absolute atomic E-state index is 12.1. The third-order valence-corrected chi connectivity index (χ3v) is 4.34. The van der Waals surface area contributed by atoms with Crippen LogP contribution in [0.2, 0.25) is 0 Å². The van der Waals surface area contributed by atoms with Crippen LogP contribution >= 0.6 is 0 Å². The molecule has 0 unspecified atom stereocenters. The lowest BCUT2D eigenvalue weighted by Gasteiger charge is -2.29. The third kappa shape index (κ3) is 4.32. The number of benzene rings is 1. The Morgan fingerprint density at radius 3 is 2.57 bits per heavy atom. The Bertz CT molecular complexity index is 638. The summed E-state index contributed by atoms with van der Waals surface area (Å²) in [5.74, 6) is -0.360. The predicted molar refractivity (Wildman–Crippen MR) is 85.9 cm³/mol. The van der Waals surface area contributed by atoms with Crippen molar-refractivity contribution in [3.63, 3.8) is 0 Å². The molecule has 0 aliphatic heterocycles. The number of hydrogen-bond acceptors (Lipinski definition) is 3. The summed E-state index contributed by atoms with van der Waals surface area (Å²) in [6, 6.07) is 4.69. The molecule has 0 radical (unpaired) electrons. The van der Waals surface area contributed by atoms with Gasteiger partial charge in [0, 0.05) is 6.54 Å². The van der Waals surface area contributed by atoms with Gasteiger partial charge in [-0.1, -0.05) is 18.2 Å². The van der Waals surface area contributed by atoms with E-state index >= 15 is 0 Å². The van der Waals surface area contributed by atoms with Crippen LogP contribution in [-0.4, -0.2) is 33.2 Å². The van der Waals surface area contributed by atoms with Gasteiger partial charge in [0.25, 0.3) is 0 Å². The molecule has 1 rings (SSSR count).